The molecule has 10 nitrogen and oxygen atoms in total. The van der Waals surface area contributed by atoms with Crippen molar-refractivity contribution in [1.29, 1.82) is 0 Å². The molecule has 0 aromatic rings. The molecule has 0 rings (SSSR count). The molecule has 0 aromatic heterocycles. The van der Waals surface area contributed by atoms with Gasteiger partial charge in [-0.3, -0.25) is 9.59 Å². The van der Waals surface area contributed by atoms with Crippen LogP contribution in [-0.4, -0.2) is 81.3 Å². The van der Waals surface area contributed by atoms with Crippen LogP contribution in [0.2, 0.25) is 0 Å². The lowest BCUT2D eigenvalue weighted by molar-refractivity contribution is -0.212. The zero-order chi connectivity index (χ0) is 19.3. The number of aliphatic hydroxyl groups excluding tert-OH is 2. The minimum absolute atomic E-state index is 0.893. The van der Waals surface area contributed by atoms with Gasteiger partial charge in [-0.25, -0.2) is 9.59 Å². The van der Waals surface area contributed by atoms with Gasteiger partial charge in [-0.1, -0.05) is 0 Å². The Kier molecular flexibility index (Phi) is 7.06. The van der Waals surface area contributed by atoms with Gasteiger partial charge in [-0.2, -0.15) is 17.6 Å². The molecule has 138 valence electrons. The zero-order valence-electron chi connectivity index (χ0n) is 11.5. The van der Waals surface area contributed by atoms with Crippen LogP contribution in [0, 0.1) is 0 Å². The molecule has 0 aliphatic rings. The number of carbonyl (C=O) groups excluding carboxylic acids is 2. The van der Waals surface area contributed by atoms with Crippen LogP contribution in [0.3, 0.4) is 0 Å². The van der Waals surface area contributed by atoms with Gasteiger partial charge >= 0.3 is 23.8 Å². The largest absolute Gasteiger partial charge is 0.480 e. The van der Waals surface area contributed by atoms with Gasteiger partial charge in [-0.05, 0) is 0 Å². The van der Waals surface area contributed by atoms with E-state index in [1.807, 2.05) is 0 Å². The number of carboxylic acid groups (broad SMARTS) is 2. The first-order valence-corrected chi connectivity index (χ1v) is 5.87. The molecular formula is C10H12F4N2O8. The number of carboxylic acids is 2. The number of alkyl halides is 4. The van der Waals surface area contributed by atoms with Gasteiger partial charge < -0.3 is 31.1 Å². The summed E-state index contributed by atoms with van der Waals surface area (Å²) < 4.78 is 53.8. The highest BCUT2D eigenvalue weighted by molar-refractivity contribution is 5.97. The SMILES string of the molecule is O=C(O)[C@H](CO)NC(=O)C(F)(F)C(F)(F)C(=O)N[C@@H](CO)C(=O)O. The maximum absolute atomic E-state index is 13.5. The molecule has 0 spiro atoms. The Morgan fingerprint density at radius 3 is 1.17 bits per heavy atom. The Morgan fingerprint density at radius 2 is 1.00 bits per heavy atom. The lowest BCUT2D eigenvalue weighted by Crippen LogP contribution is -2.63. The van der Waals surface area contributed by atoms with Crippen molar-refractivity contribution in [3.05, 3.63) is 0 Å². The fourth-order valence-corrected chi connectivity index (χ4v) is 1.15. The molecule has 0 aliphatic heterocycles. The molecule has 0 bridgehead atoms. The monoisotopic (exact) mass is 364 g/mol. The smallest absolute Gasteiger partial charge is 0.395 e. The second-order valence-corrected chi connectivity index (χ2v) is 4.24. The summed E-state index contributed by atoms with van der Waals surface area (Å²) in [7, 11) is 0. The number of hydrogen-bond donors (Lipinski definition) is 6. The van der Waals surface area contributed by atoms with Crippen molar-refractivity contribution >= 4 is 23.8 Å². The van der Waals surface area contributed by atoms with E-state index in [1.165, 1.54) is 0 Å². The Bertz CT molecular complexity index is 481. The molecule has 0 heterocycles. The molecule has 0 saturated heterocycles. The first-order valence-electron chi connectivity index (χ1n) is 5.87. The number of halogens is 4. The fourth-order valence-electron chi connectivity index (χ4n) is 1.15. The van der Waals surface area contributed by atoms with E-state index in [0.29, 0.717) is 0 Å². The molecule has 0 aromatic carbocycles. The number of nitrogens with one attached hydrogen (secondary N) is 2. The van der Waals surface area contributed by atoms with E-state index in [0.717, 1.165) is 10.6 Å². The van der Waals surface area contributed by atoms with Gasteiger partial charge in [0.05, 0.1) is 13.2 Å². The predicted octanol–water partition coefficient (Wildman–Crippen LogP) is -2.62. The lowest BCUT2D eigenvalue weighted by atomic mass is 10.1. The summed E-state index contributed by atoms with van der Waals surface area (Å²) in [6, 6.07) is -4.68. The molecule has 0 unspecified atom stereocenters. The van der Waals surface area contributed by atoms with E-state index in [9.17, 15) is 36.7 Å². The highest BCUT2D eigenvalue weighted by atomic mass is 19.3. The van der Waals surface area contributed by atoms with Crippen molar-refractivity contribution in [2.45, 2.75) is 23.9 Å². The lowest BCUT2D eigenvalue weighted by Gasteiger charge is -2.26. The van der Waals surface area contributed by atoms with Crippen LogP contribution in [0.15, 0.2) is 0 Å². The average molecular weight is 364 g/mol. The maximum atomic E-state index is 13.5. The van der Waals surface area contributed by atoms with Crippen LogP contribution in [0.5, 0.6) is 0 Å². The third kappa shape index (κ3) is 4.51. The van der Waals surface area contributed by atoms with Crippen molar-refractivity contribution in [3.63, 3.8) is 0 Å². The number of hydrogen-bond acceptors (Lipinski definition) is 6. The highest BCUT2D eigenvalue weighted by Gasteiger charge is 2.67. The van der Waals surface area contributed by atoms with Crippen LogP contribution >= 0.6 is 0 Å². The standard InChI is InChI=1S/C10H12F4N2O8/c11-9(12,7(23)15-3(1-17)5(19)20)10(13,14)8(24)16-4(2-18)6(21)22/h3-4,17-18H,1-2H2,(H,15,23)(H,16,24)(H,19,20)(H,21,22)/t3-,4-/m0/s1. The summed E-state index contributed by atoms with van der Waals surface area (Å²) >= 11 is 0. The molecule has 2 atom stereocenters. The summed E-state index contributed by atoms with van der Waals surface area (Å²) in [5, 5.41) is 35.7. The predicted molar refractivity (Wildman–Crippen MR) is 63.2 cm³/mol. The summed E-state index contributed by atoms with van der Waals surface area (Å²) in [6.07, 6.45) is 0. The number of amides is 2. The van der Waals surface area contributed by atoms with E-state index in [1.54, 1.807) is 0 Å². The normalized spacial score (nSPS) is 14.4. The first-order chi connectivity index (χ1) is 10.8. The van der Waals surface area contributed by atoms with Crippen LogP contribution in [0.1, 0.15) is 0 Å². The second kappa shape index (κ2) is 7.87. The quantitative estimate of drug-likeness (QED) is 0.241. The van der Waals surface area contributed by atoms with Gasteiger partial charge in [0.25, 0.3) is 11.8 Å². The third-order valence-electron chi connectivity index (χ3n) is 2.54. The molecule has 0 saturated carbocycles. The van der Waals surface area contributed by atoms with Gasteiger partial charge in [0.15, 0.2) is 12.1 Å². The van der Waals surface area contributed by atoms with Crippen molar-refractivity contribution in [3.8, 4) is 0 Å². The van der Waals surface area contributed by atoms with E-state index in [2.05, 4.69) is 0 Å². The second-order valence-electron chi connectivity index (χ2n) is 4.24. The number of aliphatic carboxylic acids is 2. The zero-order valence-corrected chi connectivity index (χ0v) is 11.5. The third-order valence-corrected chi connectivity index (χ3v) is 2.54. The van der Waals surface area contributed by atoms with Crippen LogP contribution in [0.25, 0.3) is 0 Å². The van der Waals surface area contributed by atoms with Crippen molar-refractivity contribution < 1.29 is 57.2 Å². The Balaban J connectivity index is 5.34. The Labute approximate surface area is 130 Å². The molecule has 6 N–H and O–H groups in total. The molecule has 14 heteroatoms. The number of rotatable bonds is 9. The number of carbonyl (C=O) groups is 4. The minimum Gasteiger partial charge on any atom is -0.480 e. The van der Waals surface area contributed by atoms with Gasteiger partial charge in [0.2, 0.25) is 0 Å². The molecular weight excluding hydrogens is 352 g/mol. The van der Waals surface area contributed by atoms with Crippen molar-refractivity contribution in [2.75, 3.05) is 13.2 Å². The van der Waals surface area contributed by atoms with E-state index in [-0.39, 0.29) is 0 Å². The first kappa shape index (κ1) is 21.5. The van der Waals surface area contributed by atoms with E-state index < -0.39 is 60.9 Å². The fraction of sp³-hybridized carbons (Fsp3) is 0.600. The molecule has 0 radical (unpaired) electrons. The van der Waals surface area contributed by atoms with Crippen molar-refractivity contribution in [1.82, 2.24) is 10.6 Å². The summed E-state index contributed by atoms with van der Waals surface area (Å²) in [4.78, 5) is 43.1. The Hall–Kier alpha value is -2.48. The topological polar surface area (TPSA) is 173 Å². The highest BCUT2D eigenvalue weighted by Crippen LogP contribution is 2.35. The summed E-state index contributed by atoms with van der Waals surface area (Å²) in [5.74, 6) is -21.4. The van der Waals surface area contributed by atoms with Crippen LogP contribution < -0.4 is 10.6 Å². The summed E-state index contributed by atoms with van der Waals surface area (Å²) in [6.45, 7) is -2.80. The van der Waals surface area contributed by atoms with E-state index >= 15 is 0 Å². The maximum Gasteiger partial charge on any atom is 0.395 e. The van der Waals surface area contributed by atoms with Gasteiger partial charge in [-0.15, -0.1) is 0 Å². The Morgan fingerprint density at radius 1 is 0.750 bits per heavy atom. The molecule has 24 heavy (non-hydrogen) atoms. The van der Waals surface area contributed by atoms with Crippen LogP contribution in [0.4, 0.5) is 17.6 Å². The average Bonchev–Trinajstić information content (AvgIpc) is 2.48. The van der Waals surface area contributed by atoms with Crippen molar-refractivity contribution in [2.24, 2.45) is 0 Å². The summed E-state index contributed by atoms with van der Waals surface area (Å²) in [5.41, 5.74) is 0. The van der Waals surface area contributed by atoms with Gasteiger partial charge in [0.1, 0.15) is 0 Å². The van der Waals surface area contributed by atoms with Gasteiger partial charge in [0, 0.05) is 0 Å². The number of aliphatic hydroxyl groups is 2. The molecule has 2 amide bonds. The molecule has 0 aliphatic carbocycles. The van der Waals surface area contributed by atoms with Crippen LogP contribution in [-0.2, 0) is 19.2 Å². The molecule has 0 fully saturated rings. The van der Waals surface area contributed by atoms with E-state index in [4.69, 9.17) is 20.4 Å². The minimum atomic E-state index is -5.78.